The van der Waals surface area contributed by atoms with Gasteiger partial charge in [0.1, 0.15) is 13.2 Å². The third-order valence-corrected chi connectivity index (χ3v) is 6.03. The first-order chi connectivity index (χ1) is 16.0. The molecule has 1 amide bonds. The number of benzene rings is 1. The van der Waals surface area contributed by atoms with Crippen molar-refractivity contribution in [2.45, 2.75) is 59.1 Å². The van der Waals surface area contributed by atoms with Gasteiger partial charge in [-0.1, -0.05) is 36.8 Å². The Morgan fingerprint density at radius 1 is 1.18 bits per heavy atom. The highest BCUT2D eigenvalue weighted by molar-refractivity contribution is 6.00. The second kappa shape index (κ2) is 10.2. The Kier molecular flexibility index (Phi) is 7.58. The Hall–Kier alpha value is -3.43. The summed E-state index contributed by atoms with van der Waals surface area (Å²) in [6.07, 6.45) is 1.08. The van der Waals surface area contributed by atoms with E-state index < -0.39 is 34.9 Å². The van der Waals surface area contributed by atoms with Gasteiger partial charge >= 0.3 is 18.0 Å². The van der Waals surface area contributed by atoms with E-state index >= 15 is 0 Å². The van der Waals surface area contributed by atoms with Crippen molar-refractivity contribution in [2.75, 3.05) is 13.2 Å². The average Bonchev–Trinajstić information content (AvgIpc) is 3.32. The highest BCUT2D eigenvalue weighted by Gasteiger charge is 2.58. The van der Waals surface area contributed by atoms with Crippen molar-refractivity contribution in [3.63, 3.8) is 0 Å². The zero-order valence-electron chi connectivity index (χ0n) is 20.0. The molecule has 184 valence electrons. The first kappa shape index (κ1) is 25.2. The van der Waals surface area contributed by atoms with Crippen LogP contribution in [0.4, 0.5) is 4.79 Å². The van der Waals surface area contributed by atoms with E-state index in [0.717, 1.165) is 12.0 Å². The van der Waals surface area contributed by atoms with E-state index in [9.17, 15) is 19.2 Å². The number of amides is 1. The molecule has 3 rings (SSSR count). The van der Waals surface area contributed by atoms with Crippen LogP contribution < -0.4 is 5.32 Å². The molecule has 2 atom stereocenters. The molecule has 1 N–H and O–H groups in total. The number of carbonyl (C=O) groups excluding carboxylic acids is 4. The lowest BCUT2D eigenvalue weighted by Gasteiger charge is -2.38. The van der Waals surface area contributed by atoms with Crippen molar-refractivity contribution in [3.05, 3.63) is 35.9 Å². The molecular weight excluding hydrogens is 442 g/mol. The summed E-state index contributed by atoms with van der Waals surface area (Å²) in [5, 5.41) is 6.45. The summed E-state index contributed by atoms with van der Waals surface area (Å²) in [6, 6.07) is 9.12. The maximum Gasteiger partial charge on any atom is 0.414 e. The van der Waals surface area contributed by atoms with Crippen LogP contribution in [0.1, 0.15) is 52.5 Å². The Labute approximate surface area is 198 Å². The standard InChI is InChI=1S/C24H31N3O7/c1-16(28)33-15-24-12-8-11-18(24)19(29)13-27(24)21(26-34-20(30)23(2,3)4)25-22(31)32-14-17-9-6-5-7-10-17/h5-7,9-10,18H,8,11-15H2,1-4H3,(H,25,26,31)/t18-,24+/m1/s1. The fourth-order valence-corrected chi connectivity index (χ4v) is 4.24. The van der Waals surface area contributed by atoms with E-state index in [0.29, 0.717) is 12.8 Å². The van der Waals surface area contributed by atoms with E-state index in [1.165, 1.54) is 6.92 Å². The Morgan fingerprint density at radius 2 is 1.88 bits per heavy atom. The quantitative estimate of drug-likeness (QED) is 0.228. The summed E-state index contributed by atoms with van der Waals surface area (Å²) in [4.78, 5) is 56.0. The molecule has 2 fully saturated rings. The third-order valence-electron chi connectivity index (χ3n) is 6.03. The number of ether oxygens (including phenoxy) is 2. The molecule has 2 aliphatic rings. The van der Waals surface area contributed by atoms with Crippen LogP contribution in [0, 0.1) is 11.3 Å². The largest absolute Gasteiger partial charge is 0.463 e. The Morgan fingerprint density at radius 3 is 2.53 bits per heavy atom. The smallest absolute Gasteiger partial charge is 0.414 e. The van der Waals surface area contributed by atoms with Gasteiger partial charge in [-0.25, -0.2) is 9.59 Å². The van der Waals surface area contributed by atoms with Crippen LogP contribution in [0.5, 0.6) is 0 Å². The topological polar surface area (TPSA) is 124 Å². The number of carbonyl (C=O) groups is 4. The molecule has 10 nitrogen and oxygen atoms in total. The predicted molar refractivity (Wildman–Crippen MR) is 121 cm³/mol. The fraction of sp³-hybridized carbons (Fsp3) is 0.542. The summed E-state index contributed by atoms with van der Waals surface area (Å²) in [5.41, 5.74) is -0.939. The molecule has 0 radical (unpaired) electrons. The van der Waals surface area contributed by atoms with E-state index in [-0.39, 0.29) is 31.5 Å². The maximum atomic E-state index is 12.8. The molecule has 0 spiro atoms. The monoisotopic (exact) mass is 473 g/mol. The van der Waals surface area contributed by atoms with Crippen molar-refractivity contribution in [3.8, 4) is 0 Å². The Balaban J connectivity index is 1.85. The minimum atomic E-state index is -0.886. The Bertz CT molecular complexity index is 971. The summed E-state index contributed by atoms with van der Waals surface area (Å²) >= 11 is 0. The lowest BCUT2D eigenvalue weighted by atomic mass is 9.88. The molecule has 1 saturated carbocycles. The van der Waals surface area contributed by atoms with Gasteiger partial charge in [-0.05, 0) is 44.3 Å². The van der Waals surface area contributed by atoms with Gasteiger partial charge in [0.15, 0.2) is 5.78 Å². The molecule has 1 saturated heterocycles. The van der Waals surface area contributed by atoms with Crippen LogP contribution in [-0.4, -0.2) is 53.4 Å². The molecule has 1 aliphatic heterocycles. The van der Waals surface area contributed by atoms with Crippen molar-refractivity contribution in [1.82, 2.24) is 10.2 Å². The zero-order valence-corrected chi connectivity index (χ0v) is 20.0. The number of guanidine groups is 1. The second-order valence-corrected chi connectivity index (χ2v) is 9.61. The van der Waals surface area contributed by atoms with Gasteiger partial charge in [0.2, 0.25) is 5.96 Å². The van der Waals surface area contributed by atoms with Crippen molar-refractivity contribution in [2.24, 2.45) is 16.5 Å². The number of nitrogens with zero attached hydrogens (tertiary/aromatic N) is 2. The fourth-order valence-electron chi connectivity index (χ4n) is 4.24. The molecule has 1 aromatic carbocycles. The molecule has 1 aliphatic carbocycles. The number of likely N-dealkylation sites (tertiary alicyclic amines) is 1. The van der Waals surface area contributed by atoms with Gasteiger partial charge in [-0.2, -0.15) is 0 Å². The summed E-state index contributed by atoms with van der Waals surface area (Å²) in [6.45, 7) is 6.19. The molecule has 10 heteroatoms. The summed E-state index contributed by atoms with van der Waals surface area (Å²) in [7, 11) is 0. The normalized spacial score (nSPS) is 22.2. The van der Waals surface area contributed by atoms with Gasteiger partial charge in [0.25, 0.3) is 0 Å². The zero-order chi connectivity index (χ0) is 24.9. The molecular formula is C24H31N3O7. The molecule has 0 unspecified atom stereocenters. The number of ketones is 1. The van der Waals surface area contributed by atoms with Gasteiger partial charge in [0, 0.05) is 12.8 Å². The van der Waals surface area contributed by atoms with Crippen molar-refractivity contribution >= 4 is 29.8 Å². The molecule has 0 bridgehead atoms. The minimum absolute atomic E-state index is 0.0158. The lowest BCUT2D eigenvalue weighted by molar-refractivity contribution is -0.153. The van der Waals surface area contributed by atoms with Crippen LogP contribution in [0.25, 0.3) is 0 Å². The average molecular weight is 474 g/mol. The molecule has 1 aromatic rings. The first-order valence-electron chi connectivity index (χ1n) is 11.2. The number of oxime groups is 1. The number of esters is 1. The van der Waals surface area contributed by atoms with E-state index in [2.05, 4.69) is 10.5 Å². The molecule has 34 heavy (non-hydrogen) atoms. The first-order valence-corrected chi connectivity index (χ1v) is 11.2. The third kappa shape index (κ3) is 5.73. The van der Waals surface area contributed by atoms with Crippen LogP contribution in [0.15, 0.2) is 35.5 Å². The lowest BCUT2D eigenvalue weighted by Crippen LogP contribution is -2.57. The van der Waals surface area contributed by atoms with Crippen molar-refractivity contribution in [1.29, 1.82) is 0 Å². The number of alkyl carbamates (subject to hydrolysis) is 1. The van der Waals surface area contributed by atoms with Crippen LogP contribution in [0.3, 0.4) is 0 Å². The van der Waals surface area contributed by atoms with Gasteiger partial charge in [-0.15, -0.1) is 0 Å². The SMILES string of the molecule is CC(=O)OC[C@@]12CCC[C@@H]1C(=O)CN2/C(=N/OC(=O)C(C)(C)C)NC(=O)OCc1ccccc1. The minimum Gasteiger partial charge on any atom is -0.463 e. The van der Waals surface area contributed by atoms with E-state index in [1.54, 1.807) is 25.7 Å². The molecule has 1 heterocycles. The number of hydrogen-bond acceptors (Lipinski definition) is 8. The maximum absolute atomic E-state index is 12.8. The van der Waals surface area contributed by atoms with Crippen LogP contribution >= 0.6 is 0 Å². The van der Waals surface area contributed by atoms with E-state index in [4.69, 9.17) is 14.3 Å². The molecule has 0 aromatic heterocycles. The summed E-state index contributed by atoms with van der Waals surface area (Å²) < 4.78 is 10.6. The number of Topliss-reactive ketones (excluding diaryl/α,β-unsaturated/α-hetero) is 1. The number of rotatable bonds is 5. The predicted octanol–water partition coefficient (Wildman–Crippen LogP) is 2.76. The van der Waals surface area contributed by atoms with Gasteiger partial charge in [-0.3, -0.25) is 14.9 Å². The summed E-state index contributed by atoms with van der Waals surface area (Å²) in [5.74, 6) is -1.68. The number of fused-ring (bicyclic) bond motifs is 1. The number of hydrogen-bond donors (Lipinski definition) is 1. The van der Waals surface area contributed by atoms with E-state index in [1.807, 2.05) is 30.3 Å². The van der Waals surface area contributed by atoms with Crippen molar-refractivity contribution < 1.29 is 33.5 Å². The van der Waals surface area contributed by atoms with Crippen LogP contribution in [-0.2, 0) is 35.3 Å². The second-order valence-electron chi connectivity index (χ2n) is 9.61. The van der Waals surface area contributed by atoms with Gasteiger partial charge in [0.05, 0.1) is 17.5 Å². The van der Waals surface area contributed by atoms with Gasteiger partial charge < -0.3 is 19.2 Å². The number of nitrogens with one attached hydrogen (secondary N) is 1. The highest BCUT2D eigenvalue weighted by atomic mass is 16.7. The highest BCUT2D eigenvalue weighted by Crippen LogP contribution is 2.46. The van der Waals surface area contributed by atoms with Crippen LogP contribution in [0.2, 0.25) is 0 Å².